The second-order valence-corrected chi connectivity index (χ2v) is 7.26. The molecular formula is C23H29N3O7. The summed E-state index contributed by atoms with van der Waals surface area (Å²) in [6, 6.07) is 9.87. The van der Waals surface area contributed by atoms with Crippen LogP contribution >= 0.6 is 0 Å². The van der Waals surface area contributed by atoms with Gasteiger partial charge in [-0.15, -0.1) is 0 Å². The molecule has 0 aliphatic carbocycles. The number of benzene rings is 2. The number of carbonyl (C=O) groups excluding carboxylic acids is 2. The lowest BCUT2D eigenvalue weighted by Gasteiger charge is -2.27. The Hall–Kier alpha value is -3.82. The van der Waals surface area contributed by atoms with Crippen LogP contribution in [-0.2, 0) is 9.53 Å². The third-order valence-electron chi connectivity index (χ3n) is 4.78. The molecule has 178 valence electrons. The van der Waals surface area contributed by atoms with Crippen molar-refractivity contribution in [1.82, 2.24) is 0 Å². The summed E-state index contributed by atoms with van der Waals surface area (Å²) in [6.45, 7) is 8.46. The van der Waals surface area contributed by atoms with E-state index in [1.54, 1.807) is 19.1 Å². The average Bonchev–Trinajstić information content (AvgIpc) is 2.78. The minimum Gasteiger partial charge on any atom is -0.493 e. The standard InChI is InChI=1S/C23H29N3O7/c1-6-25(15(3)4)17-10-8-16(9-11-17)24-22(27)14-33-23(28)18-12-20(31-5)21(32-7-2)13-19(18)26(29)30/h8-13,15H,6-7,14H2,1-5H3,(H,24,27). The monoisotopic (exact) mass is 459 g/mol. The fourth-order valence-corrected chi connectivity index (χ4v) is 3.28. The summed E-state index contributed by atoms with van der Waals surface area (Å²) in [6.07, 6.45) is 0. The van der Waals surface area contributed by atoms with Gasteiger partial charge in [0.1, 0.15) is 5.56 Å². The molecule has 0 atom stereocenters. The summed E-state index contributed by atoms with van der Waals surface area (Å²) in [5.41, 5.74) is 0.707. The highest BCUT2D eigenvalue weighted by Crippen LogP contribution is 2.35. The van der Waals surface area contributed by atoms with Crippen molar-refractivity contribution in [2.45, 2.75) is 33.7 Å². The first kappa shape index (κ1) is 25.4. The van der Waals surface area contributed by atoms with Crippen LogP contribution in [0, 0.1) is 10.1 Å². The maximum atomic E-state index is 12.5. The Balaban J connectivity index is 2.07. The third kappa shape index (κ3) is 6.58. The topological polar surface area (TPSA) is 120 Å². The number of rotatable bonds is 11. The van der Waals surface area contributed by atoms with Crippen molar-refractivity contribution in [3.63, 3.8) is 0 Å². The number of carbonyl (C=O) groups is 2. The first-order valence-electron chi connectivity index (χ1n) is 10.5. The maximum absolute atomic E-state index is 12.5. The number of methoxy groups -OCH3 is 1. The van der Waals surface area contributed by atoms with Crippen molar-refractivity contribution in [3.8, 4) is 11.5 Å². The van der Waals surface area contributed by atoms with Crippen LogP contribution in [0.25, 0.3) is 0 Å². The van der Waals surface area contributed by atoms with Gasteiger partial charge in [-0.2, -0.15) is 0 Å². The minimum atomic E-state index is -1.02. The zero-order chi connectivity index (χ0) is 24.5. The van der Waals surface area contributed by atoms with Crippen LogP contribution in [0.1, 0.15) is 38.1 Å². The van der Waals surface area contributed by atoms with Crippen LogP contribution in [0.2, 0.25) is 0 Å². The van der Waals surface area contributed by atoms with E-state index in [-0.39, 0.29) is 23.7 Å². The highest BCUT2D eigenvalue weighted by molar-refractivity contribution is 5.98. The van der Waals surface area contributed by atoms with Gasteiger partial charge in [0.05, 0.1) is 24.7 Å². The van der Waals surface area contributed by atoms with E-state index in [9.17, 15) is 19.7 Å². The van der Waals surface area contributed by atoms with Gasteiger partial charge in [0.15, 0.2) is 18.1 Å². The molecule has 2 aromatic rings. The average molecular weight is 459 g/mol. The fraction of sp³-hybridized carbons (Fsp3) is 0.391. The van der Waals surface area contributed by atoms with E-state index in [4.69, 9.17) is 14.2 Å². The molecule has 0 saturated heterocycles. The lowest BCUT2D eigenvalue weighted by Crippen LogP contribution is -2.30. The van der Waals surface area contributed by atoms with E-state index in [0.717, 1.165) is 24.4 Å². The molecule has 0 fully saturated rings. The Kier molecular flexibility index (Phi) is 9.02. The summed E-state index contributed by atoms with van der Waals surface area (Å²) < 4.78 is 15.5. The van der Waals surface area contributed by atoms with Crippen molar-refractivity contribution in [2.75, 3.05) is 37.1 Å². The highest BCUT2D eigenvalue weighted by atomic mass is 16.6. The molecule has 0 bridgehead atoms. The summed E-state index contributed by atoms with van der Waals surface area (Å²) in [7, 11) is 1.35. The molecule has 2 aromatic carbocycles. The smallest absolute Gasteiger partial charge is 0.345 e. The molecule has 0 spiro atoms. The number of esters is 1. The molecule has 10 heteroatoms. The predicted octanol–water partition coefficient (Wildman–Crippen LogP) is 4.03. The lowest BCUT2D eigenvalue weighted by atomic mass is 10.1. The zero-order valence-corrected chi connectivity index (χ0v) is 19.4. The van der Waals surface area contributed by atoms with Crippen LogP contribution in [0.4, 0.5) is 17.1 Å². The fourth-order valence-electron chi connectivity index (χ4n) is 3.28. The first-order chi connectivity index (χ1) is 15.7. The SMILES string of the molecule is CCOc1cc([N+](=O)[O-])c(C(=O)OCC(=O)Nc2ccc(N(CC)C(C)C)cc2)cc1OC. The molecular weight excluding hydrogens is 430 g/mol. The normalized spacial score (nSPS) is 10.5. The minimum absolute atomic E-state index is 0.128. The van der Waals surface area contributed by atoms with Crippen LogP contribution in [0.5, 0.6) is 11.5 Å². The largest absolute Gasteiger partial charge is 0.493 e. The van der Waals surface area contributed by atoms with Gasteiger partial charge in [0, 0.05) is 30.0 Å². The second kappa shape index (κ2) is 11.7. The van der Waals surface area contributed by atoms with Crippen LogP contribution in [0.15, 0.2) is 36.4 Å². The maximum Gasteiger partial charge on any atom is 0.345 e. The van der Waals surface area contributed by atoms with Gasteiger partial charge in [-0.05, 0) is 52.0 Å². The quantitative estimate of drug-likeness (QED) is 0.304. The van der Waals surface area contributed by atoms with Gasteiger partial charge in [-0.3, -0.25) is 14.9 Å². The zero-order valence-electron chi connectivity index (χ0n) is 19.4. The van der Waals surface area contributed by atoms with Crippen molar-refractivity contribution in [3.05, 3.63) is 52.1 Å². The number of ether oxygens (including phenoxy) is 3. The number of nitro groups is 1. The third-order valence-corrected chi connectivity index (χ3v) is 4.78. The number of nitro benzene ring substituents is 1. The lowest BCUT2D eigenvalue weighted by molar-refractivity contribution is -0.385. The van der Waals surface area contributed by atoms with Crippen molar-refractivity contribution in [2.24, 2.45) is 0 Å². The molecule has 0 saturated carbocycles. The van der Waals surface area contributed by atoms with Crippen molar-refractivity contribution < 1.29 is 28.7 Å². The molecule has 33 heavy (non-hydrogen) atoms. The number of hydrogen-bond acceptors (Lipinski definition) is 8. The van der Waals surface area contributed by atoms with E-state index in [1.165, 1.54) is 7.11 Å². The highest BCUT2D eigenvalue weighted by Gasteiger charge is 2.26. The van der Waals surface area contributed by atoms with Gasteiger partial charge in [-0.1, -0.05) is 0 Å². The molecule has 0 radical (unpaired) electrons. The Bertz CT molecular complexity index is 990. The molecule has 0 unspecified atom stereocenters. The van der Waals surface area contributed by atoms with Crippen LogP contribution in [-0.4, -0.2) is 49.7 Å². The number of anilines is 2. The second-order valence-electron chi connectivity index (χ2n) is 7.26. The van der Waals surface area contributed by atoms with Gasteiger partial charge in [0.2, 0.25) is 0 Å². The molecule has 2 rings (SSSR count). The Morgan fingerprint density at radius 2 is 1.79 bits per heavy atom. The van der Waals surface area contributed by atoms with Gasteiger partial charge in [0.25, 0.3) is 11.6 Å². The summed E-state index contributed by atoms with van der Waals surface area (Å²) in [4.78, 5) is 37.6. The molecule has 0 aromatic heterocycles. The van der Waals surface area contributed by atoms with Gasteiger partial charge >= 0.3 is 5.97 Å². The van der Waals surface area contributed by atoms with E-state index in [0.29, 0.717) is 11.7 Å². The first-order valence-corrected chi connectivity index (χ1v) is 10.5. The van der Waals surface area contributed by atoms with Crippen LogP contribution in [0.3, 0.4) is 0 Å². The Morgan fingerprint density at radius 3 is 2.30 bits per heavy atom. The number of hydrogen-bond donors (Lipinski definition) is 1. The van der Waals surface area contributed by atoms with Crippen LogP contribution < -0.4 is 19.7 Å². The molecule has 0 aliphatic heterocycles. The number of nitrogens with one attached hydrogen (secondary N) is 1. The van der Waals surface area contributed by atoms with E-state index < -0.39 is 29.1 Å². The van der Waals surface area contributed by atoms with E-state index >= 15 is 0 Å². The van der Waals surface area contributed by atoms with Crippen molar-refractivity contribution in [1.29, 1.82) is 0 Å². The molecule has 10 nitrogen and oxygen atoms in total. The predicted molar refractivity (Wildman–Crippen MR) is 124 cm³/mol. The Labute approximate surface area is 192 Å². The summed E-state index contributed by atoms with van der Waals surface area (Å²) >= 11 is 0. The number of nitrogens with zero attached hydrogens (tertiary/aromatic N) is 2. The molecule has 0 heterocycles. The number of amides is 1. The molecule has 1 N–H and O–H groups in total. The van der Waals surface area contributed by atoms with Gasteiger partial charge < -0.3 is 24.4 Å². The van der Waals surface area contributed by atoms with Crippen molar-refractivity contribution >= 4 is 28.9 Å². The van der Waals surface area contributed by atoms with E-state index in [1.807, 2.05) is 12.1 Å². The van der Waals surface area contributed by atoms with Gasteiger partial charge in [-0.25, -0.2) is 4.79 Å². The summed E-state index contributed by atoms with van der Waals surface area (Å²) in [5.74, 6) is -1.33. The molecule has 1 amide bonds. The van der Waals surface area contributed by atoms with E-state index in [2.05, 4.69) is 31.0 Å². The molecule has 0 aliphatic rings. The Morgan fingerprint density at radius 1 is 1.12 bits per heavy atom. The summed E-state index contributed by atoms with van der Waals surface area (Å²) in [5, 5.41) is 14.1.